The van der Waals surface area contributed by atoms with Crippen molar-refractivity contribution in [2.24, 2.45) is 11.8 Å². The molecule has 0 bridgehead atoms. The number of halogens is 8. The molecule has 2 aliphatic rings. The fraction of sp³-hybridized carbons (Fsp3) is 0.150. The van der Waals surface area contributed by atoms with Crippen LogP contribution in [-0.2, 0) is 80.3 Å². The molecule has 41 heteroatoms. The monoisotopic (exact) mass is 2140 g/mol. The zero-order valence-electron chi connectivity index (χ0n) is 73.9. The standard InChI is InChI=1S/2C27H23Cl2F2NO7S.4C9H8O2S.C6H6S.C4H4O2/c2*28-21-14-32(34)15-22(29)20(21)13-24(38-26(33)10-11-40(35,36)19-4-2-1-3-5-19)18-8-9-23(39-27(30)31)25(12-18)37-16-17-6-7-17;4*10-9(11)6-7-12-8-4-2-1-3-5-8;7-6-4-2-1-3-5-6;1-3-4(5)6-2/h2*1-5,8-12,14-15,17,24,27H,6-7,13,16H2;4*1-7H,(H,10,11);1-5,7H;1H,2H3/b11-10+;11-10-;2*7-6+;2*7-6-;;/t2*24-;;;;;;/m00....../s1. The lowest BCUT2D eigenvalue weighted by molar-refractivity contribution is -0.605. The summed E-state index contributed by atoms with van der Waals surface area (Å²) in [6.45, 7) is -5.62. The Kier molecular flexibility index (Phi) is 52.6. The van der Waals surface area contributed by atoms with Crippen LogP contribution in [0.1, 0.15) is 60.1 Å². The van der Waals surface area contributed by atoms with E-state index in [-0.39, 0.29) is 90.1 Å². The fourth-order valence-electron chi connectivity index (χ4n) is 10.5. The minimum atomic E-state index is -3.94. The van der Waals surface area contributed by atoms with Gasteiger partial charge in [-0.1, -0.05) is 233 Å². The van der Waals surface area contributed by atoms with Crippen LogP contribution in [0.15, 0.2) is 377 Å². The predicted octanol–water partition coefficient (Wildman–Crippen LogP) is 22.9. The number of carboxylic acids is 4. The van der Waals surface area contributed by atoms with E-state index in [0.29, 0.717) is 43.2 Å². The van der Waals surface area contributed by atoms with Crippen LogP contribution in [0.25, 0.3) is 0 Å². The van der Waals surface area contributed by atoms with Crippen molar-refractivity contribution >= 4 is 168 Å². The number of pyridine rings is 2. The van der Waals surface area contributed by atoms with Crippen molar-refractivity contribution in [2.75, 3.05) is 20.3 Å². The number of ether oxygens (including phenoxy) is 7. The number of hydrogen-bond acceptors (Lipinski definition) is 25. The van der Waals surface area contributed by atoms with Crippen LogP contribution in [0.3, 0.4) is 0 Å². The molecule has 2 aromatic heterocycles. The van der Waals surface area contributed by atoms with Crippen molar-refractivity contribution in [3.63, 3.8) is 0 Å². The molecule has 26 nitrogen and oxygen atoms in total. The van der Waals surface area contributed by atoms with Crippen LogP contribution in [0.2, 0.25) is 20.1 Å². The molecule has 2 saturated carbocycles. The van der Waals surface area contributed by atoms with E-state index in [9.17, 15) is 78.4 Å². The Balaban J connectivity index is 0.000000274. The first kappa shape index (κ1) is 117. The van der Waals surface area contributed by atoms with Crippen molar-refractivity contribution in [3.8, 4) is 35.3 Å². The molecule has 2 fully saturated rings. The van der Waals surface area contributed by atoms with E-state index < -0.39 is 86.9 Å². The summed E-state index contributed by atoms with van der Waals surface area (Å²) in [5, 5.41) is 64.2. The van der Waals surface area contributed by atoms with E-state index in [1.54, 1.807) is 39.7 Å². The average molecular weight is 2140 g/mol. The molecule has 9 aromatic carbocycles. The number of alkyl halides is 4. The number of methoxy groups -OCH3 is 1. The maximum atomic E-state index is 13.0. The number of hydrogen-bond donors (Lipinski definition) is 5. The molecule has 2 heterocycles. The zero-order valence-corrected chi connectivity index (χ0v) is 82.7. The first-order valence-electron chi connectivity index (χ1n) is 41.1. The number of rotatable bonds is 36. The van der Waals surface area contributed by atoms with Crippen molar-refractivity contribution in [1.29, 1.82) is 0 Å². The molecule has 2 atom stereocenters. The number of aromatic nitrogens is 2. The van der Waals surface area contributed by atoms with Gasteiger partial charge in [0, 0.05) is 102 Å². The highest BCUT2D eigenvalue weighted by Crippen LogP contribution is 2.41. The lowest BCUT2D eigenvalue weighted by Gasteiger charge is -2.21. The minimum absolute atomic E-state index is 0.00592. The number of carbonyl (C=O) groups is 7. The molecular weight excluding hydrogens is 2060 g/mol. The van der Waals surface area contributed by atoms with Crippen LogP contribution in [0.4, 0.5) is 17.6 Å². The van der Waals surface area contributed by atoms with Crippen LogP contribution in [-0.4, -0.2) is 113 Å². The SMILES string of the molecule is C#CC(=O)OC.O=C(/C=C/S(=O)(=O)c1ccccc1)O[C@@H](Cc1c(Cl)c[n+]([O-])cc1Cl)c1ccc(OC(F)F)c(OCC2CC2)c1.O=C(/C=C\S(=O)(=O)c1ccccc1)O[C@@H](Cc1c(Cl)c[n+]([O-])cc1Cl)c1ccc(OC(F)F)c(OCC2CC2)c1.O=C(O)/C=C/Sc1ccccc1.O=C(O)/C=C/Sc1ccccc1.O=C(O)/C=C\Sc1ccccc1.O=C(O)/C=C\Sc1ccccc1.Sc1ccccc1. The largest absolute Gasteiger partial charge is 0.619 e. The van der Waals surface area contributed by atoms with Crippen molar-refractivity contribution in [2.45, 2.75) is 98.2 Å². The molecule has 0 amide bonds. The second-order valence-electron chi connectivity index (χ2n) is 28.1. The second kappa shape index (κ2) is 63.6. The van der Waals surface area contributed by atoms with Gasteiger partial charge in [-0.15, -0.1) is 19.1 Å². The van der Waals surface area contributed by atoms with Gasteiger partial charge in [-0.3, -0.25) is 0 Å². The molecule has 141 heavy (non-hydrogen) atoms. The van der Waals surface area contributed by atoms with Crippen LogP contribution < -0.4 is 28.4 Å². The van der Waals surface area contributed by atoms with Gasteiger partial charge in [0.15, 0.2) is 67.5 Å². The number of thioether (sulfide) groups is 4. The number of sulfone groups is 2. The van der Waals surface area contributed by atoms with Gasteiger partial charge in [0.1, 0.15) is 32.3 Å². The second-order valence-corrected chi connectivity index (χ2v) is 37.8. The molecule has 2 aliphatic carbocycles. The van der Waals surface area contributed by atoms with Crippen molar-refractivity contribution in [3.05, 3.63) is 395 Å². The van der Waals surface area contributed by atoms with E-state index in [2.05, 4.69) is 33.3 Å². The zero-order chi connectivity index (χ0) is 103. The number of benzene rings is 9. The highest BCUT2D eigenvalue weighted by molar-refractivity contribution is 8.03. The third-order valence-electron chi connectivity index (χ3n) is 17.5. The topological polar surface area (TPSA) is 387 Å². The number of aliphatic carboxylic acids is 4. The van der Waals surface area contributed by atoms with E-state index >= 15 is 0 Å². The molecule has 0 saturated heterocycles. The Morgan fingerprint density at radius 2 is 0.702 bits per heavy atom. The molecule has 0 unspecified atom stereocenters. The minimum Gasteiger partial charge on any atom is -0.619 e. The van der Waals surface area contributed by atoms with E-state index in [0.717, 1.165) is 111 Å². The van der Waals surface area contributed by atoms with Gasteiger partial charge in [-0.2, -0.15) is 27.0 Å². The van der Waals surface area contributed by atoms with Gasteiger partial charge < -0.3 is 64.0 Å². The lowest BCUT2D eigenvalue weighted by Crippen LogP contribution is -2.25. The molecule has 13 rings (SSSR count). The Morgan fingerprint density at radius 1 is 0.433 bits per heavy atom. The third-order valence-corrected chi connectivity index (χ3v) is 25.2. The smallest absolute Gasteiger partial charge is 0.387 e. The quantitative estimate of drug-likeness (QED) is 0.00233. The summed E-state index contributed by atoms with van der Waals surface area (Å²) in [7, 11) is -6.63. The summed E-state index contributed by atoms with van der Waals surface area (Å²) in [5.74, 6) is -4.37. The Bertz CT molecular complexity index is 5810. The first-order chi connectivity index (χ1) is 67.4. The molecule has 740 valence electrons. The van der Waals surface area contributed by atoms with Crippen molar-refractivity contribution in [1.82, 2.24) is 0 Å². The highest BCUT2D eigenvalue weighted by Gasteiger charge is 2.30. The maximum absolute atomic E-state index is 13.0. The molecular formula is C100H88Cl4F4N2O24S7. The summed E-state index contributed by atoms with van der Waals surface area (Å²) >= 11 is 34.6. The maximum Gasteiger partial charge on any atom is 0.387 e. The summed E-state index contributed by atoms with van der Waals surface area (Å²) in [6, 6.07) is 71.2. The summed E-state index contributed by atoms with van der Waals surface area (Å²) in [6.07, 6.45) is 16.1. The molecule has 11 aromatic rings. The third kappa shape index (κ3) is 49.0. The molecule has 0 spiro atoms. The Hall–Kier alpha value is -13.1. The van der Waals surface area contributed by atoms with Gasteiger partial charge in [0.2, 0.25) is 0 Å². The van der Waals surface area contributed by atoms with E-state index in [1.165, 1.54) is 139 Å². The fourth-order valence-corrected chi connectivity index (χ4v) is 16.5. The number of thiol groups is 1. The molecule has 0 radical (unpaired) electrons. The van der Waals surface area contributed by atoms with E-state index in [4.69, 9.17) is 85.8 Å². The number of nitrogens with zero attached hydrogens (tertiary/aromatic N) is 2. The van der Waals surface area contributed by atoms with Crippen LogP contribution in [0, 0.1) is 34.6 Å². The first-order valence-corrected chi connectivity index (χ1v) is 49.6. The normalized spacial score (nSPS) is 12.3. The Morgan fingerprint density at radius 3 is 0.929 bits per heavy atom. The average Bonchev–Trinajstić information content (AvgIpc) is 1.68. The van der Waals surface area contributed by atoms with Gasteiger partial charge in [0.05, 0.1) is 30.1 Å². The molecule has 4 N–H and O–H groups in total. The number of carbonyl (C=O) groups excluding carboxylic acids is 3. The number of terminal acetylenes is 1. The lowest BCUT2D eigenvalue weighted by atomic mass is 10.0. The summed E-state index contributed by atoms with van der Waals surface area (Å²) in [4.78, 5) is 80.8. The number of esters is 3. The van der Waals surface area contributed by atoms with E-state index in [1.807, 2.05) is 152 Å². The van der Waals surface area contributed by atoms with Gasteiger partial charge >= 0.3 is 55.0 Å². The van der Waals surface area contributed by atoms with Crippen LogP contribution in [0.5, 0.6) is 23.0 Å². The van der Waals surface area contributed by atoms with Crippen LogP contribution >= 0.6 is 106 Å². The van der Waals surface area contributed by atoms with Gasteiger partial charge in [-0.05, 0) is 179 Å². The summed E-state index contributed by atoms with van der Waals surface area (Å²) < 4.78 is 139. The summed E-state index contributed by atoms with van der Waals surface area (Å²) in [5.41, 5.74) is 1.13. The van der Waals surface area contributed by atoms with Crippen molar-refractivity contribution < 1.29 is 131 Å². The Labute approximate surface area is 852 Å². The highest BCUT2D eigenvalue weighted by atomic mass is 35.5. The molecule has 0 aliphatic heterocycles. The van der Waals surface area contributed by atoms with Gasteiger partial charge in [0.25, 0.3) is 0 Å². The predicted molar refractivity (Wildman–Crippen MR) is 535 cm³/mol. The number of carboxylic acid groups (broad SMARTS) is 4. The van der Waals surface area contributed by atoms with Gasteiger partial charge in [-0.25, -0.2) is 50.4 Å².